The molecule has 0 atom stereocenters. The fraction of sp³-hybridized carbons (Fsp3) is 0.556. The number of aromatic nitrogens is 1. The number of nitrogens with one attached hydrogen (secondary N) is 1. The molecule has 84 valence electrons. The van der Waals surface area contributed by atoms with Gasteiger partial charge in [-0.25, -0.2) is 9.78 Å². The number of aryl methyl sites for hydroxylation is 1. The lowest BCUT2D eigenvalue weighted by Crippen LogP contribution is -2.27. The summed E-state index contributed by atoms with van der Waals surface area (Å²) in [6, 6.07) is 0. The second-order valence-corrected chi connectivity index (χ2v) is 5.95. The van der Waals surface area contributed by atoms with Crippen LogP contribution in [0.1, 0.15) is 25.6 Å². The predicted octanol–water partition coefficient (Wildman–Crippen LogP) is 3.56. The van der Waals surface area contributed by atoms with Crippen molar-refractivity contribution in [3.63, 3.8) is 0 Å². The number of thiazole rings is 1. The molecule has 1 aromatic heterocycles. The zero-order valence-corrected chi connectivity index (χ0v) is 11.5. The first-order valence-electron chi connectivity index (χ1n) is 4.41. The van der Waals surface area contributed by atoms with E-state index in [-0.39, 0.29) is 0 Å². The number of anilines is 1. The van der Waals surface area contributed by atoms with E-state index in [1.807, 2.05) is 27.7 Å². The van der Waals surface area contributed by atoms with Crippen LogP contribution in [0.2, 0.25) is 0 Å². The summed E-state index contributed by atoms with van der Waals surface area (Å²) in [6.45, 7) is 7.36. The van der Waals surface area contributed by atoms with Gasteiger partial charge in [0.25, 0.3) is 0 Å². The summed E-state index contributed by atoms with van der Waals surface area (Å²) in [4.78, 5) is 16.5. The number of carbonyl (C=O) groups excluding carboxylic acids is 1. The van der Waals surface area contributed by atoms with E-state index in [9.17, 15) is 4.79 Å². The topological polar surface area (TPSA) is 51.2 Å². The highest BCUT2D eigenvalue weighted by molar-refractivity contribution is 9.10. The first-order valence-corrected chi connectivity index (χ1v) is 6.02. The number of nitrogens with zero attached hydrogens (tertiary/aromatic N) is 1. The van der Waals surface area contributed by atoms with Crippen LogP contribution in [0.15, 0.2) is 4.60 Å². The minimum absolute atomic E-state index is 0.483. The average molecular weight is 293 g/mol. The SMILES string of the molecule is Cc1sc(NC(=O)OC(C)(C)C)nc1Br. The van der Waals surface area contributed by atoms with Crippen LogP contribution in [0.25, 0.3) is 0 Å². The second-order valence-electron chi connectivity index (χ2n) is 3.99. The van der Waals surface area contributed by atoms with Crippen molar-refractivity contribution in [2.75, 3.05) is 5.32 Å². The largest absolute Gasteiger partial charge is 0.444 e. The highest BCUT2D eigenvalue weighted by atomic mass is 79.9. The number of amides is 1. The summed E-state index contributed by atoms with van der Waals surface area (Å²) in [6.07, 6.45) is -0.483. The van der Waals surface area contributed by atoms with E-state index in [4.69, 9.17) is 4.74 Å². The van der Waals surface area contributed by atoms with Gasteiger partial charge in [-0.3, -0.25) is 5.32 Å². The quantitative estimate of drug-likeness (QED) is 0.861. The van der Waals surface area contributed by atoms with E-state index < -0.39 is 11.7 Å². The Morgan fingerprint density at radius 1 is 1.53 bits per heavy atom. The number of ether oxygens (including phenoxy) is 1. The van der Waals surface area contributed by atoms with Crippen LogP contribution >= 0.6 is 27.3 Å². The molecule has 0 spiro atoms. The predicted molar refractivity (Wildman–Crippen MR) is 64.4 cm³/mol. The lowest BCUT2D eigenvalue weighted by Gasteiger charge is -2.18. The van der Waals surface area contributed by atoms with Crippen LogP contribution in [0.5, 0.6) is 0 Å². The van der Waals surface area contributed by atoms with Gasteiger partial charge in [-0.2, -0.15) is 0 Å². The number of halogens is 1. The van der Waals surface area contributed by atoms with Crippen LogP contribution in [-0.4, -0.2) is 16.7 Å². The first-order chi connectivity index (χ1) is 6.78. The van der Waals surface area contributed by atoms with Gasteiger partial charge in [0.2, 0.25) is 0 Å². The fourth-order valence-corrected chi connectivity index (χ4v) is 2.05. The van der Waals surface area contributed by atoms with E-state index in [0.29, 0.717) is 5.13 Å². The molecule has 1 heterocycles. The zero-order chi connectivity index (χ0) is 11.6. The molecular formula is C9H13BrN2O2S. The van der Waals surface area contributed by atoms with Crippen molar-refractivity contribution in [1.29, 1.82) is 0 Å². The molecule has 1 N–H and O–H groups in total. The maximum Gasteiger partial charge on any atom is 0.413 e. The molecule has 0 aromatic carbocycles. The third kappa shape index (κ3) is 4.17. The van der Waals surface area contributed by atoms with Crippen molar-refractivity contribution in [1.82, 2.24) is 4.98 Å². The standard InChI is InChI=1S/C9H13BrN2O2S/c1-5-6(10)11-7(15-5)12-8(13)14-9(2,3)4/h1-4H3,(H,11,12,13). The molecule has 0 aliphatic rings. The smallest absolute Gasteiger partial charge is 0.413 e. The fourth-order valence-electron chi connectivity index (χ4n) is 0.822. The Hall–Kier alpha value is -0.620. The maximum absolute atomic E-state index is 11.4. The van der Waals surface area contributed by atoms with Crippen molar-refractivity contribution < 1.29 is 9.53 Å². The zero-order valence-electron chi connectivity index (χ0n) is 9.05. The van der Waals surface area contributed by atoms with E-state index in [1.54, 1.807) is 0 Å². The lowest BCUT2D eigenvalue weighted by molar-refractivity contribution is 0.0636. The Balaban J connectivity index is 2.59. The first kappa shape index (κ1) is 12.4. The average Bonchev–Trinajstić information content (AvgIpc) is 2.26. The summed E-state index contributed by atoms with van der Waals surface area (Å²) in [5, 5.41) is 3.11. The van der Waals surface area contributed by atoms with Gasteiger partial charge >= 0.3 is 6.09 Å². The summed E-state index contributed by atoms with van der Waals surface area (Å²) in [5.41, 5.74) is -0.492. The minimum atomic E-state index is -0.492. The third-order valence-electron chi connectivity index (χ3n) is 1.35. The van der Waals surface area contributed by atoms with E-state index in [2.05, 4.69) is 26.2 Å². The molecule has 0 radical (unpaired) electrons. The number of carbonyl (C=O) groups is 1. The molecule has 6 heteroatoms. The van der Waals surface area contributed by atoms with Crippen LogP contribution in [0, 0.1) is 6.92 Å². The molecule has 0 aliphatic heterocycles. The van der Waals surface area contributed by atoms with Gasteiger partial charge in [0.05, 0.1) is 0 Å². The Labute approximate surface area is 101 Å². The molecule has 4 nitrogen and oxygen atoms in total. The highest BCUT2D eigenvalue weighted by Gasteiger charge is 2.17. The van der Waals surface area contributed by atoms with Crippen LogP contribution in [0.3, 0.4) is 0 Å². The summed E-state index contributed by atoms with van der Waals surface area (Å²) >= 11 is 4.67. The maximum atomic E-state index is 11.4. The van der Waals surface area contributed by atoms with Gasteiger partial charge in [0.15, 0.2) is 5.13 Å². The molecule has 0 saturated heterocycles. The van der Waals surface area contributed by atoms with Gasteiger partial charge in [0.1, 0.15) is 10.2 Å². The molecule has 15 heavy (non-hydrogen) atoms. The number of rotatable bonds is 1. The molecule has 0 fully saturated rings. The van der Waals surface area contributed by atoms with Gasteiger partial charge in [-0.15, -0.1) is 11.3 Å². The van der Waals surface area contributed by atoms with Crippen LogP contribution in [-0.2, 0) is 4.74 Å². The van der Waals surface area contributed by atoms with Crippen molar-refractivity contribution in [3.05, 3.63) is 9.48 Å². The highest BCUT2D eigenvalue weighted by Crippen LogP contribution is 2.26. The van der Waals surface area contributed by atoms with Gasteiger partial charge < -0.3 is 4.74 Å². The lowest BCUT2D eigenvalue weighted by atomic mass is 10.2. The molecule has 0 bridgehead atoms. The third-order valence-corrected chi connectivity index (χ3v) is 3.27. The van der Waals surface area contributed by atoms with Gasteiger partial charge in [-0.05, 0) is 43.6 Å². The van der Waals surface area contributed by atoms with Gasteiger partial charge in [0, 0.05) is 4.88 Å². The summed E-state index contributed by atoms with van der Waals surface area (Å²) in [7, 11) is 0. The number of hydrogen-bond acceptors (Lipinski definition) is 4. The van der Waals surface area contributed by atoms with Crippen molar-refractivity contribution in [2.24, 2.45) is 0 Å². The monoisotopic (exact) mass is 292 g/mol. The number of hydrogen-bond donors (Lipinski definition) is 1. The Morgan fingerprint density at radius 3 is 2.53 bits per heavy atom. The van der Waals surface area contributed by atoms with Gasteiger partial charge in [-0.1, -0.05) is 0 Å². The molecule has 1 aromatic rings. The second kappa shape index (κ2) is 4.49. The summed E-state index contributed by atoms with van der Waals surface area (Å²) < 4.78 is 5.84. The molecule has 0 saturated carbocycles. The van der Waals surface area contributed by atoms with Crippen molar-refractivity contribution in [3.8, 4) is 0 Å². The van der Waals surface area contributed by atoms with Crippen molar-refractivity contribution >= 4 is 38.5 Å². The molecule has 0 aliphatic carbocycles. The molecule has 0 unspecified atom stereocenters. The van der Waals surface area contributed by atoms with Crippen LogP contribution < -0.4 is 5.32 Å². The molecular weight excluding hydrogens is 280 g/mol. The minimum Gasteiger partial charge on any atom is -0.444 e. The molecule has 1 amide bonds. The Bertz CT molecular complexity index is 351. The Kier molecular flexibility index (Phi) is 3.72. The van der Waals surface area contributed by atoms with E-state index >= 15 is 0 Å². The normalized spacial score (nSPS) is 11.3. The molecule has 1 rings (SSSR count). The van der Waals surface area contributed by atoms with E-state index in [0.717, 1.165) is 9.48 Å². The Morgan fingerprint density at radius 2 is 2.13 bits per heavy atom. The van der Waals surface area contributed by atoms with Crippen LogP contribution in [0.4, 0.5) is 9.93 Å². The summed E-state index contributed by atoms with van der Waals surface area (Å²) in [5.74, 6) is 0. The van der Waals surface area contributed by atoms with E-state index in [1.165, 1.54) is 11.3 Å². The van der Waals surface area contributed by atoms with Crippen molar-refractivity contribution in [2.45, 2.75) is 33.3 Å².